The number of nitrogens with zero attached hydrogens (tertiary/aromatic N) is 5. The number of pyridine rings is 1. The number of rotatable bonds is 10. The molecule has 6 rings (SSSR count). The van der Waals surface area contributed by atoms with Crippen LogP contribution in [-0.4, -0.2) is 56.0 Å². The molecule has 2 amide bonds. The number of aliphatic hydroxyl groups is 1. The first-order valence-electron chi connectivity index (χ1n) is 13.9. The normalized spacial score (nSPS) is 18.5. The summed E-state index contributed by atoms with van der Waals surface area (Å²) in [6.45, 7) is 0. The molecular weight excluding hydrogens is 536 g/mol. The van der Waals surface area contributed by atoms with E-state index in [0.29, 0.717) is 22.8 Å². The Morgan fingerprint density at radius 2 is 1.93 bits per heavy atom. The van der Waals surface area contributed by atoms with Crippen LogP contribution in [0.1, 0.15) is 54.0 Å². The lowest BCUT2D eigenvalue weighted by Crippen LogP contribution is -2.31. The third-order valence-electron chi connectivity index (χ3n) is 7.80. The topological polar surface area (TPSA) is 156 Å². The quantitative estimate of drug-likeness (QED) is 0.223. The van der Waals surface area contributed by atoms with Crippen molar-refractivity contribution in [1.29, 1.82) is 0 Å². The van der Waals surface area contributed by atoms with E-state index in [0.717, 1.165) is 36.8 Å². The van der Waals surface area contributed by atoms with Gasteiger partial charge in [0, 0.05) is 42.6 Å². The van der Waals surface area contributed by atoms with Gasteiger partial charge in [-0.15, -0.1) is 10.2 Å². The Morgan fingerprint density at radius 1 is 1.10 bits per heavy atom. The molecule has 3 aromatic heterocycles. The molecular formula is C30H32N8O4. The van der Waals surface area contributed by atoms with Gasteiger partial charge < -0.3 is 25.8 Å². The van der Waals surface area contributed by atoms with Crippen LogP contribution in [0.3, 0.4) is 0 Å². The SMILES string of the molecule is CNC(=O)c1nnc(NC(=O)C2CC2)cc1Nc1cccc(-c2cnn(C3CC([C@@H](O)c4ccccn4)C3)c2)c1OC. The fourth-order valence-electron chi connectivity index (χ4n) is 5.21. The summed E-state index contributed by atoms with van der Waals surface area (Å²) in [5, 5.41) is 32.0. The standard InChI is InChI=1S/C30H32N8O4/c1-31-30(41)26-24(14-25(36-37-26)35-29(40)17-9-10-17)34-23-8-5-6-21(28(23)42-2)19-15-33-38(16-19)20-12-18(13-20)27(39)22-7-3-4-11-32-22/h3-8,11,14-18,20,27,39H,9-10,12-13H2,1-2H3,(H,31,41)(H2,34,35,36,40)/t18?,20?,27-/m1/s1. The van der Waals surface area contributed by atoms with Crippen molar-refractivity contribution in [2.24, 2.45) is 11.8 Å². The highest BCUT2D eigenvalue weighted by Crippen LogP contribution is 2.45. The lowest BCUT2D eigenvalue weighted by molar-refractivity contribution is -0.117. The molecule has 0 bridgehead atoms. The van der Waals surface area contributed by atoms with Crippen LogP contribution in [0.25, 0.3) is 11.1 Å². The summed E-state index contributed by atoms with van der Waals surface area (Å²) in [6.07, 6.45) is 8.19. The summed E-state index contributed by atoms with van der Waals surface area (Å²) >= 11 is 0. The highest BCUT2D eigenvalue weighted by molar-refractivity contribution is 6.00. The summed E-state index contributed by atoms with van der Waals surface area (Å²) in [6, 6.07) is 13.0. The summed E-state index contributed by atoms with van der Waals surface area (Å²) in [4.78, 5) is 29.1. The van der Waals surface area contributed by atoms with Crippen molar-refractivity contribution in [1.82, 2.24) is 30.3 Å². The maximum atomic E-state index is 12.6. The Kier molecular flexibility index (Phi) is 7.53. The lowest BCUT2D eigenvalue weighted by atomic mass is 9.76. The minimum Gasteiger partial charge on any atom is -0.494 e. The molecule has 0 saturated heterocycles. The molecule has 2 aliphatic carbocycles. The van der Waals surface area contributed by atoms with Crippen LogP contribution in [0.4, 0.5) is 17.2 Å². The Balaban J connectivity index is 1.22. The number of aromatic nitrogens is 5. The monoisotopic (exact) mass is 568 g/mol. The Labute approximate surface area is 242 Å². The lowest BCUT2D eigenvalue weighted by Gasteiger charge is -2.38. The number of amides is 2. The van der Waals surface area contributed by atoms with Gasteiger partial charge in [0.05, 0.1) is 42.5 Å². The Bertz CT molecular complexity index is 1600. The van der Waals surface area contributed by atoms with E-state index in [1.165, 1.54) is 7.05 Å². The number of anilines is 3. The number of hydrogen-bond acceptors (Lipinski definition) is 9. The molecule has 0 aliphatic heterocycles. The zero-order chi connectivity index (χ0) is 29.2. The highest BCUT2D eigenvalue weighted by atomic mass is 16.5. The third-order valence-corrected chi connectivity index (χ3v) is 7.80. The van der Waals surface area contributed by atoms with Crippen LogP contribution in [0.15, 0.2) is 61.1 Å². The van der Waals surface area contributed by atoms with E-state index in [1.54, 1.807) is 25.6 Å². The second kappa shape index (κ2) is 11.6. The van der Waals surface area contributed by atoms with Gasteiger partial charge in [0.2, 0.25) is 5.91 Å². The Hall–Kier alpha value is -4.84. The van der Waals surface area contributed by atoms with Crippen molar-refractivity contribution >= 4 is 29.0 Å². The van der Waals surface area contributed by atoms with E-state index in [9.17, 15) is 14.7 Å². The Morgan fingerprint density at radius 3 is 2.64 bits per heavy atom. The molecule has 42 heavy (non-hydrogen) atoms. The zero-order valence-electron chi connectivity index (χ0n) is 23.3. The molecule has 2 aliphatic rings. The number of carbonyl (C=O) groups excluding carboxylic acids is 2. The van der Waals surface area contributed by atoms with Crippen molar-refractivity contribution in [2.45, 2.75) is 37.8 Å². The van der Waals surface area contributed by atoms with E-state index < -0.39 is 12.0 Å². The van der Waals surface area contributed by atoms with E-state index in [-0.39, 0.29) is 35.3 Å². The molecule has 12 heteroatoms. The van der Waals surface area contributed by atoms with Gasteiger partial charge in [-0.3, -0.25) is 19.3 Å². The van der Waals surface area contributed by atoms with Gasteiger partial charge >= 0.3 is 0 Å². The maximum absolute atomic E-state index is 12.6. The minimum atomic E-state index is -0.592. The zero-order valence-corrected chi connectivity index (χ0v) is 23.3. The van der Waals surface area contributed by atoms with E-state index in [1.807, 2.05) is 47.3 Å². The van der Waals surface area contributed by atoms with Crippen LogP contribution < -0.4 is 20.7 Å². The predicted molar refractivity (Wildman–Crippen MR) is 155 cm³/mol. The molecule has 2 saturated carbocycles. The molecule has 4 aromatic rings. The van der Waals surface area contributed by atoms with Crippen LogP contribution >= 0.6 is 0 Å². The predicted octanol–water partition coefficient (Wildman–Crippen LogP) is 3.88. The number of benzene rings is 1. The fraction of sp³-hybridized carbons (Fsp3) is 0.333. The van der Waals surface area contributed by atoms with Gasteiger partial charge in [0.15, 0.2) is 11.5 Å². The molecule has 0 radical (unpaired) electrons. The van der Waals surface area contributed by atoms with Crippen LogP contribution in [0, 0.1) is 11.8 Å². The van der Waals surface area contributed by atoms with Crippen LogP contribution in [0.5, 0.6) is 5.75 Å². The van der Waals surface area contributed by atoms with Gasteiger partial charge in [-0.2, -0.15) is 5.10 Å². The van der Waals surface area contributed by atoms with Crippen molar-refractivity contribution < 1.29 is 19.4 Å². The largest absolute Gasteiger partial charge is 0.494 e. The van der Waals surface area contributed by atoms with Gasteiger partial charge in [-0.1, -0.05) is 18.2 Å². The van der Waals surface area contributed by atoms with Crippen molar-refractivity contribution in [2.75, 3.05) is 24.8 Å². The number of aliphatic hydroxyl groups excluding tert-OH is 1. The van der Waals surface area contributed by atoms with Crippen LogP contribution in [0.2, 0.25) is 0 Å². The van der Waals surface area contributed by atoms with Gasteiger partial charge in [-0.05, 0) is 49.8 Å². The minimum absolute atomic E-state index is 0.00345. The van der Waals surface area contributed by atoms with Crippen molar-refractivity contribution in [3.63, 3.8) is 0 Å². The summed E-state index contributed by atoms with van der Waals surface area (Å²) < 4.78 is 7.76. The third kappa shape index (κ3) is 5.53. The fourth-order valence-corrected chi connectivity index (χ4v) is 5.21. The molecule has 0 unspecified atom stereocenters. The molecule has 0 spiro atoms. The molecule has 12 nitrogen and oxygen atoms in total. The molecule has 1 atom stereocenters. The first-order chi connectivity index (χ1) is 20.4. The second-order valence-electron chi connectivity index (χ2n) is 10.6. The number of nitrogens with one attached hydrogen (secondary N) is 3. The first kappa shape index (κ1) is 27.3. The molecule has 2 fully saturated rings. The van der Waals surface area contributed by atoms with Crippen LogP contribution in [-0.2, 0) is 4.79 Å². The van der Waals surface area contributed by atoms with E-state index >= 15 is 0 Å². The number of hydrogen-bond donors (Lipinski definition) is 4. The van der Waals surface area contributed by atoms with Gasteiger partial charge in [-0.25, -0.2) is 0 Å². The van der Waals surface area contributed by atoms with E-state index in [4.69, 9.17) is 4.74 Å². The molecule has 216 valence electrons. The number of ether oxygens (including phenoxy) is 1. The summed E-state index contributed by atoms with van der Waals surface area (Å²) in [7, 11) is 3.09. The second-order valence-corrected chi connectivity index (χ2v) is 10.6. The van der Waals surface area contributed by atoms with Gasteiger partial charge in [0.25, 0.3) is 5.91 Å². The van der Waals surface area contributed by atoms with Crippen molar-refractivity contribution in [3.05, 3.63) is 72.4 Å². The number of para-hydroxylation sites is 1. The summed E-state index contributed by atoms with van der Waals surface area (Å²) in [5.41, 5.74) is 3.41. The summed E-state index contributed by atoms with van der Waals surface area (Å²) in [5.74, 6) is 0.401. The highest BCUT2D eigenvalue weighted by Gasteiger charge is 2.37. The first-order valence-corrected chi connectivity index (χ1v) is 13.9. The smallest absolute Gasteiger partial charge is 0.273 e. The van der Waals surface area contributed by atoms with Gasteiger partial charge in [0.1, 0.15) is 5.75 Å². The molecule has 3 heterocycles. The average molecular weight is 569 g/mol. The number of methoxy groups -OCH3 is 1. The number of carbonyl (C=O) groups is 2. The molecule has 1 aromatic carbocycles. The van der Waals surface area contributed by atoms with Crippen molar-refractivity contribution in [3.8, 4) is 16.9 Å². The molecule has 4 N–H and O–H groups in total. The maximum Gasteiger partial charge on any atom is 0.273 e. The average Bonchev–Trinajstić information content (AvgIpc) is 3.74. The van der Waals surface area contributed by atoms with E-state index in [2.05, 4.69) is 36.2 Å².